The van der Waals surface area contributed by atoms with Gasteiger partial charge in [0, 0.05) is 20.1 Å². The smallest absolute Gasteiger partial charge is 0.318 e. The monoisotopic (exact) mass is 348 g/mol. The van der Waals surface area contributed by atoms with Gasteiger partial charge in [0.05, 0.1) is 17.1 Å². The van der Waals surface area contributed by atoms with E-state index in [-0.39, 0.29) is 12.1 Å². The van der Waals surface area contributed by atoms with Gasteiger partial charge in [0.1, 0.15) is 5.82 Å². The first-order valence-corrected chi connectivity index (χ1v) is 9.24. The number of rotatable bonds is 3. The minimum atomic E-state index is -0.00870. The maximum atomic E-state index is 12.9. The van der Waals surface area contributed by atoms with Crippen LogP contribution in [0.25, 0.3) is 11.0 Å². The molecule has 5 heteroatoms. The van der Waals surface area contributed by atoms with Crippen molar-refractivity contribution < 1.29 is 4.79 Å². The Labute approximate surface area is 153 Å². The summed E-state index contributed by atoms with van der Waals surface area (Å²) in [5, 5.41) is 3.07. The average molecular weight is 348 g/mol. The van der Waals surface area contributed by atoms with Crippen LogP contribution in [0.5, 0.6) is 0 Å². The summed E-state index contributed by atoms with van der Waals surface area (Å²) in [5.74, 6) is 0.973. The fourth-order valence-electron chi connectivity index (χ4n) is 3.78. The highest BCUT2D eigenvalue weighted by molar-refractivity contribution is 5.77. The van der Waals surface area contributed by atoms with E-state index in [9.17, 15) is 4.79 Å². The van der Waals surface area contributed by atoms with Gasteiger partial charge in [-0.3, -0.25) is 0 Å². The van der Waals surface area contributed by atoms with Crippen molar-refractivity contribution in [3.8, 4) is 0 Å². The lowest BCUT2D eigenvalue weighted by Crippen LogP contribution is -2.45. The van der Waals surface area contributed by atoms with Gasteiger partial charge in [0.25, 0.3) is 0 Å². The van der Waals surface area contributed by atoms with Crippen molar-refractivity contribution >= 4 is 17.1 Å². The van der Waals surface area contributed by atoms with Gasteiger partial charge in [-0.2, -0.15) is 0 Å². The molecule has 1 saturated heterocycles. The third-order valence-electron chi connectivity index (χ3n) is 5.17. The second-order valence-electron chi connectivity index (χ2n) is 6.87. The van der Waals surface area contributed by atoms with Gasteiger partial charge < -0.3 is 14.8 Å². The van der Waals surface area contributed by atoms with Crippen LogP contribution < -0.4 is 5.32 Å². The molecule has 3 aromatic rings. The van der Waals surface area contributed by atoms with Gasteiger partial charge in [-0.05, 0) is 37.0 Å². The summed E-state index contributed by atoms with van der Waals surface area (Å²) in [6.07, 6.45) is 3.12. The number of aryl methyl sites for hydroxylation is 1. The van der Waals surface area contributed by atoms with E-state index >= 15 is 0 Å². The van der Waals surface area contributed by atoms with Crippen LogP contribution in [0.4, 0.5) is 4.79 Å². The number of nitrogens with one attached hydrogen (secondary N) is 1. The molecule has 1 atom stereocenters. The van der Waals surface area contributed by atoms with Gasteiger partial charge in [0.2, 0.25) is 0 Å². The molecule has 0 unspecified atom stereocenters. The lowest BCUT2D eigenvalue weighted by molar-refractivity contribution is 0.146. The van der Waals surface area contributed by atoms with Crippen LogP contribution in [0.2, 0.25) is 0 Å². The van der Waals surface area contributed by atoms with Crippen LogP contribution >= 0.6 is 0 Å². The summed E-state index contributed by atoms with van der Waals surface area (Å²) in [6.45, 7) is 1.32. The number of fused-ring (bicyclic) bond motifs is 1. The van der Waals surface area contributed by atoms with E-state index in [1.165, 1.54) is 0 Å². The first-order valence-electron chi connectivity index (χ1n) is 9.24. The molecule has 0 saturated carbocycles. The molecule has 2 heterocycles. The standard InChI is InChI=1S/C21H24N4O/c1-24-18-12-6-5-11-17(18)23-20(24)19-13-7-8-14-25(19)21(26)22-15-16-9-3-2-4-10-16/h2-6,9-12,19H,7-8,13-15H2,1H3,(H,22,26)/t19-/m0/s1. The zero-order chi connectivity index (χ0) is 17.9. The third-order valence-corrected chi connectivity index (χ3v) is 5.17. The predicted octanol–water partition coefficient (Wildman–Crippen LogP) is 4.01. The molecule has 1 aromatic heterocycles. The Balaban J connectivity index is 1.55. The number of likely N-dealkylation sites (tertiary alicyclic amines) is 1. The van der Waals surface area contributed by atoms with Gasteiger partial charge in [-0.25, -0.2) is 9.78 Å². The normalized spacial score (nSPS) is 17.4. The summed E-state index contributed by atoms with van der Waals surface area (Å²) in [7, 11) is 2.04. The van der Waals surface area contributed by atoms with Crippen molar-refractivity contribution in [2.45, 2.75) is 31.8 Å². The van der Waals surface area contributed by atoms with Crippen molar-refractivity contribution in [1.29, 1.82) is 0 Å². The summed E-state index contributed by atoms with van der Waals surface area (Å²) < 4.78 is 2.13. The second-order valence-corrected chi connectivity index (χ2v) is 6.87. The zero-order valence-corrected chi connectivity index (χ0v) is 15.1. The van der Waals surface area contributed by atoms with E-state index in [1.807, 2.05) is 60.5 Å². The molecule has 0 bridgehead atoms. The Hall–Kier alpha value is -2.82. The number of aromatic nitrogens is 2. The molecule has 0 spiro atoms. The second kappa shape index (κ2) is 7.20. The van der Waals surface area contributed by atoms with Crippen molar-refractivity contribution in [2.75, 3.05) is 6.54 Å². The van der Waals surface area contributed by atoms with E-state index < -0.39 is 0 Å². The zero-order valence-electron chi connectivity index (χ0n) is 15.1. The SMILES string of the molecule is Cn1c([C@@H]2CCCCN2C(=O)NCc2ccccc2)nc2ccccc21. The minimum absolute atomic E-state index is 0.00870. The van der Waals surface area contributed by atoms with E-state index in [0.29, 0.717) is 6.54 Å². The molecule has 2 amide bonds. The van der Waals surface area contributed by atoms with Crippen LogP contribution in [0.3, 0.4) is 0 Å². The molecule has 1 aliphatic rings. The minimum Gasteiger partial charge on any atom is -0.334 e. The molecule has 0 radical (unpaired) electrons. The molecule has 1 aliphatic heterocycles. The Morgan fingerprint density at radius 2 is 1.88 bits per heavy atom. The molecule has 5 nitrogen and oxygen atoms in total. The quantitative estimate of drug-likeness (QED) is 0.777. The van der Waals surface area contributed by atoms with Crippen LogP contribution in [-0.2, 0) is 13.6 Å². The molecule has 2 aromatic carbocycles. The van der Waals surface area contributed by atoms with Crippen LogP contribution in [0.1, 0.15) is 36.7 Å². The Morgan fingerprint density at radius 3 is 2.69 bits per heavy atom. The lowest BCUT2D eigenvalue weighted by Gasteiger charge is -2.35. The first kappa shape index (κ1) is 16.6. The molecule has 0 aliphatic carbocycles. The third kappa shape index (κ3) is 3.17. The number of piperidine rings is 1. The van der Waals surface area contributed by atoms with Crippen molar-refractivity contribution in [3.63, 3.8) is 0 Å². The summed E-state index contributed by atoms with van der Waals surface area (Å²) in [5.41, 5.74) is 3.20. The summed E-state index contributed by atoms with van der Waals surface area (Å²) >= 11 is 0. The number of para-hydroxylation sites is 2. The highest BCUT2D eigenvalue weighted by Gasteiger charge is 2.31. The predicted molar refractivity (Wildman–Crippen MR) is 103 cm³/mol. The number of hydrogen-bond acceptors (Lipinski definition) is 2. The Bertz CT molecular complexity index is 903. The van der Waals surface area contributed by atoms with E-state index in [4.69, 9.17) is 4.98 Å². The number of hydrogen-bond donors (Lipinski definition) is 1. The summed E-state index contributed by atoms with van der Waals surface area (Å²) in [6, 6.07) is 18.2. The van der Waals surface area contributed by atoms with Crippen molar-refractivity contribution in [1.82, 2.24) is 19.8 Å². The highest BCUT2D eigenvalue weighted by atomic mass is 16.2. The fourth-order valence-corrected chi connectivity index (χ4v) is 3.78. The maximum absolute atomic E-state index is 12.9. The number of nitrogens with zero attached hydrogens (tertiary/aromatic N) is 3. The first-order chi connectivity index (χ1) is 12.7. The average Bonchev–Trinajstić information content (AvgIpc) is 3.04. The molecule has 1 fully saturated rings. The van der Waals surface area contributed by atoms with E-state index in [0.717, 1.165) is 48.2 Å². The van der Waals surface area contributed by atoms with E-state index in [1.54, 1.807) is 0 Å². The summed E-state index contributed by atoms with van der Waals surface area (Å²) in [4.78, 5) is 19.6. The van der Waals surface area contributed by atoms with Crippen molar-refractivity contribution in [3.05, 3.63) is 66.0 Å². The number of carbonyl (C=O) groups is 1. The van der Waals surface area contributed by atoms with Gasteiger partial charge in [-0.1, -0.05) is 42.5 Å². The molecule has 26 heavy (non-hydrogen) atoms. The molecular weight excluding hydrogens is 324 g/mol. The van der Waals surface area contributed by atoms with Crippen LogP contribution in [0.15, 0.2) is 54.6 Å². The topological polar surface area (TPSA) is 50.2 Å². The van der Waals surface area contributed by atoms with Crippen LogP contribution in [-0.4, -0.2) is 27.0 Å². The Kier molecular flexibility index (Phi) is 4.61. The Morgan fingerprint density at radius 1 is 1.12 bits per heavy atom. The number of urea groups is 1. The van der Waals surface area contributed by atoms with Crippen molar-refractivity contribution in [2.24, 2.45) is 7.05 Å². The number of benzene rings is 2. The van der Waals surface area contributed by atoms with Gasteiger partial charge in [0.15, 0.2) is 0 Å². The number of amides is 2. The van der Waals surface area contributed by atoms with E-state index in [2.05, 4.69) is 16.0 Å². The fraction of sp³-hybridized carbons (Fsp3) is 0.333. The lowest BCUT2D eigenvalue weighted by atomic mass is 10.0. The van der Waals surface area contributed by atoms with Gasteiger partial charge in [-0.15, -0.1) is 0 Å². The van der Waals surface area contributed by atoms with Gasteiger partial charge >= 0.3 is 6.03 Å². The number of imidazole rings is 1. The molecule has 4 rings (SSSR count). The largest absolute Gasteiger partial charge is 0.334 e. The maximum Gasteiger partial charge on any atom is 0.318 e. The molecule has 134 valence electrons. The molecular formula is C21H24N4O. The number of carbonyl (C=O) groups excluding carboxylic acids is 1. The highest BCUT2D eigenvalue weighted by Crippen LogP contribution is 2.32. The van der Waals surface area contributed by atoms with Crippen LogP contribution in [0, 0.1) is 0 Å². The molecule has 1 N–H and O–H groups in total.